The van der Waals surface area contributed by atoms with Gasteiger partial charge in [0, 0.05) is 12.3 Å². The highest BCUT2D eigenvalue weighted by molar-refractivity contribution is 5.66. The summed E-state index contributed by atoms with van der Waals surface area (Å²) in [7, 11) is 0. The second-order valence-corrected chi connectivity index (χ2v) is 8.09. The Morgan fingerprint density at radius 2 is 1.76 bits per heavy atom. The molecular weight excluding hydrogens is 445 g/mol. The van der Waals surface area contributed by atoms with Crippen molar-refractivity contribution in [3.8, 4) is 16.9 Å². The third-order valence-electron chi connectivity index (χ3n) is 5.45. The third-order valence-corrected chi connectivity index (χ3v) is 5.45. The molecule has 4 nitrogen and oxygen atoms in total. The maximum Gasteiger partial charge on any atom is 0.416 e. The van der Waals surface area contributed by atoms with E-state index in [2.05, 4.69) is 13.0 Å². The summed E-state index contributed by atoms with van der Waals surface area (Å²) < 4.78 is 49.8. The molecule has 1 N–H and O–H groups in total. The van der Waals surface area contributed by atoms with Crippen molar-refractivity contribution in [1.29, 1.82) is 0 Å². The Morgan fingerprint density at radius 1 is 1.06 bits per heavy atom. The molecule has 180 valence electrons. The molecule has 1 aliphatic rings. The van der Waals surface area contributed by atoms with Crippen LogP contribution >= 0.6 is 0 Å². The number of rotatable bonds is 5. The highest BCUT2D eigenvalue weighted by Crippen LogP contribution is 2.32. The minimum Gasteiger partial charge on any atom is -0.489 e. The molecule has 7 heteroatoms. The van der Waals surface area contributed by atoms with Crippen LogP contribution in [0.25, 0.3) is 11.1 Å². The Morgan fingerprint density at radius 3 is 2.41 bits per heavy atom. The number of halogens is 3. The summed E-state index contributed by atoms with van der Waals surface area (Å²) in [6.07, 6.45) is -4.11. The van der Waals surface area contributed by atoms with E-state index in [1.54, 1.807) is 6.92 Å². The molecule has 34 heavy (non-hydrogen) atoms. The summed E-state index contributed by atoms with van der Waals surface area (Å²) in [5.41, 5.74) is 4.34. The van der Waals surface area contributed by atoms with E-state index < -0.39 is 17.7 Å². The average Bonchev–Trinajstić information content (AvgIpc) is 2.83. The average molecular weight is 473 g/mol. The molecule has 0 bridgehead atoms. The van der Waals surface area contributed by atoms with Gasteiger partial charge in [-0.2, -0.15) is 13.2 Å². The van der Waals surface area contributed by atoms with E-state index in [1.165, 1.54) is 17.7 Å². The van der Waals surface area contributed by atoms with Crippen LogP contribution in [0.2, 0.25) is 0 Å². The van der Waals surface area contributed by atoms with Crippen molar-refractivity contribution in [3.63, 3.8) is 0 Å². The smallest absolute Gasteiger partial charge is 0.416 e. The second-order valence-electron chi connectivity index (χ2n) is 8.09. The lowest BCUT2D eigenvalue weighted by atomic mass is 9.94. The van der Waals surface area contributed by atoms with E-state index in [1.807, 2.05) is 36.4 Å². The number of alkyl halides is 3. The zero-order valence-corrected chi connectivity index (χ0v) is 19.1. The van der Waals surface area contributed by atoms with Gasteiger partial charge in [-0.1, -0.05) is 50.2 Å². The van der Waals surface area contributed by atoms with Crippen LogP contribution < -0.4 is 4.74 Å². The highest BCUT2D eigenvalue weighted by Gasteiger charge is 2.30. The molecule has 0 saturated carbocycles. The van der Waals surface area contributed by atoms with Crippen molar-refractivity contribution in [2.24, 2.45) is 0 Å². The van der Waals surface area contributed by atoms with Crippen LogP contribution in [0.5, 0.6) is 5.75 Å². The van der Waals surface area contributed by atoms with Gasteiger partial charge in [-0.15, -0.1) is 0 Å². The van der Waals surface area contributed by atoms with Gasteiger partial charge in [-0.05, 0) is 58.1 Å². The molecule has 1 atom stereocenters. The van der Waals surface area contributed by atoms with Crippen LogP contribution in [-0.4, -0.2) is 17.7 Å². The van der Waals surface area contributed by atoms with Crippen LogP contribution in [0.1, 0.15) is 48.4 Å². The standard InChI is InChI=1S/C24H21F3O2.C3H6O2/c1-16-13-28-15-20-12-22(9-10-23(16)20)29-14-17-3-2-4-19(11-17)18-5-7-21(8-6-18)24(25,26)27;1-2-3(4)5/h2-12,16H,13-15H2,1H3;2H2,1H3,(H,4,5). The van der Waals surface area contributed by atoms with Gasteiger partial charge in [-0.3, -0.25) is 4.79 Å². The molecule has 0 radical (unpaired) electrons. The van der Waals surface area contributed by atoms with E-state index >= 15 is 0 Å². The van der Waals surface area contributed by atoms with Gasteiger partial charge in [0.2, 0.25) is 0 Å². The molecular formula is C27H27F3O4. The lowest BCUT2D eigenvalue weighted by Gasteiger charge is -2.23. The molecule has 1 heterocycles. The van der Waals surface area contributed by atoms with Crippen molar-refractivity contribution in [2.45, 2.75) is 45.6 Å². The van der Waals surface area contributed by atoms with E-state index in [0.29, 0.717) is 19.1 Å². The zero-order chi connectivity index (χ0) is 24.7. The van der Waals surface area contributed by atoms with Crippen molar-refractivity contribution in [3.05, 3.63) is 89.0 Å². The lowest BCUT2D eigenvalue weighted by Crippen LogP contribution is -2.14. The fraction of sp³-hybridized carbons (Fsp3) is 0.296. The van der Waals surface area contributed by atoms with Crippen LogP contribution in [0.15, 0.2) is 66.7 Å². The fourth-order valence-corrected chi connectivity index (χ4v) is 3.57. The molecule has 0 amide bonds. The first-order valence-electron chi connectivity index (χ1n) is 11.0. The Labute approximate surface area is 197 Å². The third kappa shape index (κ3) is 6.84. The fourth-order valence-electron chi connectivity index (χ4n) is 3.57. The Hall–Kier alpha value is -3.32. The molecule has 4 rings (SSSR count). The molecule has 3 aromatic carbocycles. The topological polar surface area (TPSA) is 55.8 Å². The highest BCUT2D eigenvalue weighted by atomic mass is 19.4. The molecule has 0 fully saturated rings. The van der Waals surface area contributed by atoms with E-state index in [-0.39, 0.29) is 6.42 Å². The van der Waals surface area contributed by atoms with Crippen LogP contribution in [0.3, 0.4) is 0 Å². The largest absolute Gasteiger partial charge is 0.489 e. The van der Waals surface area contributed by atoms with Gasteiger partial charge < -0.3 is 14.6 Å². The number of aliphatic carboxylic acids is 1. The lowest BCUT2D eigenvalue weighted by molar-refractivity contribution is -0.138. The van der Waals surface area contributed by atoms with E-state index in [0.717, 1.165) is 46.7 Å². The zero-order valence-electron chi connectivity index (χ0n) is 19.1. The van der Waals surface area contributed by atoms with Crippen molar-refractivity contribution in [1.82, 2.24) is 0 Å². The number of hydrogen-bond acceptors (Lipinski definition) is 3. The van der Waals surface area contributed by atoms with Gasteiger partial charge >= 0.3 is 12.1 Å². The van der Waals surface area contributed by atoms with Gasteiger partial charge in [0.1, 0.15) is 12.4 Å². The predicted octanol–water partition coefficient (Wildman–Crippen LogP) is 7.07. The van der Waals surface area contributed by atoms with Crippen molar-refractivity contribution < 1.29 is 32.5 Å². The summed E-state index contributed by atoms with van der Waals surface area (Å²) in [6.45, 7) is 5.46. The Bertz CT molecular complexity index is 1110. The van der Waals surface area contributed by atoms with Crippen LogP contribution in [0, 0.1) is 0 Å². The number of benzene rings is 3. The maximum atomic E-state index is 12.8. The number of carboxylic acid groups (broad SMARTS) is 1. The van der Waals surface area contributed by atoms with Crippen molar-refractivity contribution in [2.75, 3.05) is 6.61 Å². The number of ether oxygens (including phenoxy) is 2. The Balaban J connectivity index is 0.000000588. The summed E-state index contributed by atoms with van der Waals surface area (Å²) >= 11 is 0. The quantitative estimate of drug-likeness (QED) is 0.432. The molecule has 0 aromatic heterocycles. The molecule has 1 aliphatic heterocycles. The Kier molecular flexibility index (Phi) is 8.34. The number of carboxylic acids is 1. The SMILES string of the molecule is CC1COCc2cc(OCc3cccc(-c4ccc(C(F)(F)F)cc4)c3)ccc21.CCC(=O)O. The summed E-state index contributed by atoms with van der Waals surface area (Å²) in [5, 5.41) is 7.72. The van der Waals surface area contributed by atoms with Gasteiger partial charge in [-0.25, -0.2) is 0 Å². The summed E-state index contributed by atoms with van der Waals surface area (Å²) in [5.74, 6) is 0.416. The van der Waals surface area contributed by atoms with Gasteiger partial charge in [0.25, 0.3) is 0 Å². The number of fused-ring (bicyclic) bond motifs is 1. The molecule has 1 unspecified atom stereocenters. The van der Waals surface area contributed by atoms with Crippen LogP contribution in [-0.2, 0) is 28.9 Å². The first kappa shape index (κ1) is 25.3. The number of carbonyl (C=O) groups is 1. The van der Waals surface area contributed by atoms with Gasteiger partial charge in [0.15, 0.2) is 0 Å². The minimum absolute atomic E-state index is 0.222. The van der Waals surface area contributed by atoms with Crippen molar-refractivity contribution >= 4 is 5.97 Å². The normalized spacial score (nSPS) is 15.0. The summed E-state index contributed by atoms with van der Waals surface area (Å²) in [6, 6.07) is 18.9. The number of hydrogen-bond donors (Lipinski definition) is 1. The minimum atomic E-state index is -4.33. The second kappa shape index (κ2) is 11.2. The summed E-state index contributed by atoms with van der Waals surface area (Å²) in [4.78, 5) is 9.37. The maximum absolute atomic E-state index is 12.8. The van der Waals surface area contributed by atoms with E-state index in [9.17, 15) is 18.0 Å². The predicted molar refractivity (Wildman–Crippen MR) is 124 cm³/mol. The first-order valence-corrected chi connectivity index (χ1v) is 11.0. The van der Waals surface area contributed by atoms with E-state index in [4.69, 9.17) is 14.6 Å². The molecule has 0 aliphatic carbocycles. The molecule has 0 spiro atoms. The van der Waals surface area contributed by atoms with Crippen LogP contribution in [0.4, 0.5) is 13.2 Å². The van der Waals surface area contributed by atoms with Gasteiger partial charge in [0.05, 0.1) is 18.8 Å². The first-order chi connectivity index (χ1) is 16.2. The molecule has 3 aromatic rings. The molecule has 0 saturated heterocycles. The monoisotopic (exact) mass is 472 g/mol.